The van der Waals surface area contributed by atoms with Gasteiger partial charge in [-0.1, -0.05) is 51.4 Å². The van der Waals surface area contributed by atoms with E-state index in [1.807, 2.05) is 5.92 Å². The zero-order valence-corrected chi connectivity index (χ0v) is 15.1. The SMILES string of the molecule is C[C-](C1CCCC1)C1CCCC1.[Y].[Y]. The van der Waals surface area contributed by atoms with Crippen molar-refractivity contribution in [1.29, 1.82) is 0 Å². The minimum absolute atomic E-state index is 0. The van der Waals surface area contributed by atoms with Crippen molar-refractivity contribution < 1.29 is 65.4 Å². The van der Waals surface area contributed by atoms with Crippen molar-refractivity contribution in [3.8, 4) is 0 Å². The van der Waals surface area contributed by atoms with Crippen LogP contribution in [0.15, 0.2) is 0 Å². The average molecular weight is 343 g/mol. The molecule has 76 valence electrons. The van der Waals surface area contributed by atoms with Gasteiger partial charge in [0.1, 0.15) is 0 Å². The molecule has 0 aromatic rings. The molecule has 0 heterocycles. The summed E-state index contributed by atoms with van der Waals surface area (Å²) in [6, 6.07) is 0. The van der Waals surface area contributed by atoms with Crippen LogP contribution in [0.3, 0.4) is 0 Å². The quantitative estimate of drug-likeness (QED) is 0.666. The van der Waals surface area contributed by atoms with E-state index in [-0.39, 0.29) is 65.4 Å². The monoisotopic (exact) mass is 343 g/mol. The first-order valence-corrected chi connectivity index (χ1v) is 5.71. The molecule has 0 atom stereocenters. The summed E-state index contributed by atoms with van der Waals surface area (Å²) >= 11 is 0. The van der Waals surface area contributed by atoms with Crippen molar-refractivity contribution in [1.82, 2.24) is 0 Å². The summed E-state index contributed by atoms with van der Waals surface area (Å²) in [4.78, 5) is 0. The number of hydrogen-bond acceptors (Lipinski definition) is 0. The Balaban J connectivity index is 0.000000845. The van der Waals surface area contributed by atoms with E-state index in [2.05, 4.69) is 6.92 Å². The minimum Gasteiger partial charge on any atom is -0.311 e. The molecule has 2 radical (unpaired) electrons. The zero-order valence-electron chi connectivity index (χ0n) is 9.47. The van der Waals surface area contributed by atoms with Crippen LogP contribution in [0.2, 0.25) is 0 Å². The second kappa shape index (κ2) is 8.32. The van der Waals surface area contributed by atoms with Crippen molar-refractivity contribution in [3.63, 3.8) is 0 Å². The first kappa shape index (κ1) is 16.2. The molecule has 0 aromatic heterocycles. The largest absolute Gasteiger partial charge is 0.311 e. The van der Waals surface area contributed by atoms with Crippen molar-refractivity contribution in [2.45, 2.75) is 58.3 Å². The Morgan fingerprint density at radius 1 is 0.714 bits per heavy atom. The van der Waals surface area contributed by atoms with Crippen LogP contribution >= 0.6 is 0 Å². The minimum atomic E-state index is 0. The van der Waals surface area contributed by atoms with Crippen LogP contribution in [0.5, 0.6) is 0 Å². The Kier molecular flexibility index (Phi) is 9.63. The van der Waals surface area contributed by atoms with Crippen molar-refractivity contribution in [3.05, 3.63) is 5.92 Å². The summed E-state index contributed by atoms with van der Waals surface area (Å²) in [7, 11) is 0. The van der Waals surface area contributed by atoms with E-state index in [0.717, 1.165) is 11.8 Å². The van der Waals surface area contributed by atoms with Crippen molar-refractivity contribution in [2.24, 2.45) is 11.8 Å². The van der Waals surface area contributed by atoms with E-state index in [4.69, 9.17) is 0 Å². The third-order valence-electron chi connectivity index (χ3n) is 4.00. The van der Waals surface area contributed by atoms with Gasteiger partial charge in [0.15, 0.2) is 0 Å². The molecule has 0 saturated heterocycles. The number of hydrogen-bond donors (Lipinski definition) is 0. The summed E-state index contributed by atoms with van der Waals surface area (Å²) in [5.41, 5.74) is 0. The third kappa shape index (κ3) is 4.23. The van der Waals surface area contributed by atoms with E-state index in [9.17, 15) is 0 Å². The fourth-order valence-electron chi connectivity index (χ4n) is 3.10. The molecule has 0 N–H and O–H groups in total. The smallest absolute Gasteiger partial charge is 0 e. The van der Waals surface area contributed by atoms with Gasteiger partial charge in [-0.25, -0.2) is 0 Å². The van der Waals surface area contributed by atoms with Gasteiger partial charge in [-0.3, -0.25) is 0 Å². The fraction of sp³-hybridized carbons (Fsp3) is 0.917. The molecule has 0 bridgehead atoms. The topological polar surface area (TPSA) is 0 Å². The molecule has 2 heteroatoms. The number of rotatable bonds is 2. The maximum absolute atomic E-state index is 2.44. The summed E-state index contributed by atoms with van der Waals surface area (Å²) in [6.07, 6.45) is 12.0. The Labute approximate surface area is 140 Å². The maximum atomic E-state index is 2.44. The summed E-state index contributed by atoms with van der Waals surface area (Å²) in [5.74, 6) is 3.91. The fourth-order valence-corrected chi connectivity index (χ4v) is 3.10. The standard InChI is InChI=1S/C12H21.2Y/c1-10(11-6-2-3-7-11)12-8-4-5-9-12;;/h11-12H,2-9H2,1H3;;/q-1;;. The second-order valence-electron chi connectivity index (χ2n) is 4.71. The van der Waals surface area contributed by atoms with Gasteiger partial charge < -0.3 is 5.92 Å². The Hall–Kier alpha value is 2.21. The average Bonchev–Trinajstić information content (AvgIpc) is 2.77. The molecule has 2 saturated carbocycles. The molecule has 0 nitrogen and oxygen atoms in total. The van der Waals surface area contributed by atoms with Crippen LogP contribution in [-0.4, -0.2) is 0 Å². The third-order valence-corrected chi connectivity index (χ3v) is 4.00. The first-order chi connectivity index (χ1) is 5.88. The van der Waals surface area contributed by atoms with E-state index in [1.165, 1.54) is 51.4 Å². The van der Waals surface area contributed by atoms with Gasteiger partial charge in [-0.15, -0.1) is 0 Å². The van der Waals surface area contributed by atoms with Crippen LogP contribution in [0.1, 0.15) is 58.3 Å². The van der Waals surface area contributed by atoms with Gasteiger partial charge in [-0.05, 0) is 0 Å². The molecule has 2 fully saturated rings. The molecular formula is C12H21Y2-. The van der Waals surface area contributed by atoms with Crippen molar-refractivity contribution in [2.75, 3.05) is 0 Å². The van der Waals surface area contributed by atoms with Gasteiger partial charge in [-0.2, -0.15) is 18.8 Å². The van der Waals surface area contributed by atoms with Crippen LogP contribution in [0.4, 0.5) is 0 Å². The summed E-state index contributed by atoms with van der Waals surface area (Å²) in [5, 5.41) is 0. The Morgan fingerprint density at radius 3 is 1.29 bits per heavy atom. The van der Waals surface area contributed by atoms with Crippen molar-refractivity contribution >= 4 is 0 Å². The van der Waals surface area contributed by atoms with E-state index < -0.39 is 0 Å². The molecule has 0 aromatic carbocycles. The van der Waals surface area contributed by atoms with Crippen LogP contribution in [-0.2, 0) is 65.4 Å². The molecule has 2 rings (SSSR count). The second-order valence-corrected chi connectivity index (χ2v) is 4.71. The predicted molar refractivity (Wildman–Crippen MR) is 52.8 cm³/mol. The van der Waals surface area contributed by atoms with Crippen LogP contribution < -0.4 is 0 Å². The maximum Gasteiger partial charge on any atom is 0 e. The predicted octanol–water partition coefficient (Wildman–Crippen LogP) is 3.96. The molecule has 0 amide bonds. The van der Waals surface area contributed by atoms with Gasteiger partial charge >= 0.3 is 0 Å². The van der Waals surface area contributed by atoms with Gasteiger partial charge in [0.05, 0.1) is 0 Å². The summed E-state index contributed by atoms with van der Waals surface area (Å²) in [6.45, 7) is 2.44. The van der Waals surface area contributed by atoms with Gasteiger partial charge in [0.2, 0.25) is 0 Å². The van der Waals surface area contributed by atoms with E-state index in [0.29, 0.717) is 0 Å². The first-order valence-electron chi connectivity index (χ1n) is 5.71. The van der Waals surface area contributed by atoms with Crippen LogP contribution in [0.25, 0.3) is 0 Å². The van der Waals surface area contributed by atoms with Gasteiger partial charge in [0.25, 0.3) is 0 Å². The molecule has 2 aliphatic rings. The Morgan fingerprint density at radius 2 is 1.00 bits per heavy atom. The molecular weight excluding hydrogens is 322 g/mol. The Bertz CT molecular complexity index is 119. The molecule has 2 aliphatic carbocycles. The molecule has 14 heavy (non-hydrogen) atoms. The van der Waals surface area contributed by atoms with E-state index >= 15 is 0 Å². The zero-order chi connectivity index (χ0) is 8.39. The molecule has 0 spiro atoms. The summed E-state index contributed by atoms with van der Waals surface area (Å²) < 4.78 is 0. The van der Waals surface area contributed by atoms with Gasteiger partial charge in [0, 0.05) is 65.4 Å². The molecule has 0 aliphatic heterocycles. The van der Waals surface area contributed by atoms with E-state index in [1.54, 1.807) is 0 Å². The van der Waals surface area contributed by atoms with Crippen LogP contribution in [0, 0.1) is 17.8 Å². The normalized spacial score (nSPS) is 23.6. The molecule has 0 unspecified atom stereocenters.